The predicted octanol–water partition coefficient (Wildman–Crippen LogP) is 2.31. The average Bonchev–Trinajstić information content (AvgIpc) is 2.40. The van der Waals surface area contributed by atoms with Crippen LogP contribution in [0.2, 0.25) is 5.02 Å². The summed E-state index contributed by atoms with van der Waals surface area (Å²) in [6.45, 7) is 0. The second-order valence-corrected chi connectivity index (χ2v) is 6.50. The monoisotopic (exact) mass is 345 g/mol. The van der Waals surface area contributed by atoms with Gasteiger partial charge in [-0.25, -0.2) is 12.8 Å². The summed E-state index contributed by atoms with van der Waals surface area (Å²) in [6.07, 6.45) is 2.17. The van der Waals surface area contributed by atoms with Gasteiger partial charge >= 0.3 is 0 Å². The molecule has 0 saturated carbocycles. The molecule has 2 rings (SSSR count). The lowest BCUT2D eigenvalue weighted by Crippen LogP contribution is -2.15. The SMILES string of the molecule is NC(=S)c1ccc(S(=O)(=O)Nc2ccncc2F)cc1Cl. The van der Waals surface area contributed by atoms with E-state index in [4.69, 9.17) is 29.6 Å². The molecule has 3 N–H and O–H groups in total. The summed E-state index contributed by atoms with van der Waals surface area (Å²) in [6, 6.07) is 5.07. The Morgan fingerprint density at radius 3 is 2.67 bits per heavy atom. The van der Waals surface area contributed by atoms with Crippen molar-refractivity contribution in [1.82, 2.24) is 4.98 Å². The normalized spacial score (nSPS) is 11.1. The van der Waals surface area contributed by atoms with Gasteiger partial charge in [-0.05, 0) is 24.3 Å². The van der Waals surface area contributed by atoms with Crippen molar-refractivity contribution in [2.24, 2.45) is 5.73 Å². The first-order chi connectivity index (χ1) is 9.81. The molecule has 0 aliphatic carbocycles. The molecule has 0 amide bonds. The summed E-state index contributed by atoms with van der Waals surface area (Å²) in [5, 5.41) is 0.0978. The van der Waals surface area contributed by atoms with Gasteiger partial charge in [0.2, 0.25) is 0 Å². The van der Waals surface area contributed by atoms with Crippen LogP contribution in [0.1, 0.15) is 5.56 Å². The Kier molecular flexibility index (Phi) is 4.40. The third-order valence-corrected chi connectivity index (χ3v) is 4.43. The van der Waals surface area contributed by atoms with Crippen LogP contribution < -0.4 is 10.5 Å². The van der Waals surface area contributed by atoms with E-state index in [2.05, 4.69) is 9.71 Å². The number of hydrogen-bond acceptors (Lipinski definition) is 4. The summed E-state index contributed by atoms with van der Waals surface area (Å²) in [7, 11) is -3.99. The number of aromatic nitrogens is 1. The maximum absolute atomic E-state index is 13.4. The topological polar surface area (TPSA) is 85.1 Å². The molecule has 0 fully saturated rings. The number of hydrogen-bond donors (Lipinski definition) is 2. The van der Waals surface area contributed by atoms with E-state index in [1.54, 1.807) is 0 Å². The second kappa shape index (κ2) is 5.92. The molecule has 9 heteroatoms. The molecule has 0 unspecified atom stereocenters. The molecule has 0 atom stereocenters. The van der Waals surface area contributed by atoms with Crippen molar-refractivity contribution in [1.29, 1.82) is 0 Å². The third kappa shape index (κ3) is 3.46. The molecule has 1 aromatic heterocycles. The molecule has 0 spiro atoms. The van der Waals surface area contributed by atoms with Gasteiger partial charge in [0.15, 0.2) is 5.82 Å². The van der Waals surface area contributed by atoms with Crippen LogP contribution in [0.5, 0.6) is 0 Å². The van der Waals surface area contributed by atoms with Gasteiger partial charge in [-0.15, -0.1) is 0 Å². The van der Waals surface area contributed by atoms with Crippen LogP contribution >= 0.6 is 23.8 Å². The van der Waals surface area contributed by atoms with E-state index in [0.29, 0.717) is 5.56 Å². The van der Waals surface area contributed by atoms with E-state index in [1.165, 1.54) is 30.5 Å². The molecule has 1 heterocycles. The fourth-order valence-electron chi connectivity index (χ4n) is 1.52. The van der Waals surface area contributed by atoms with Crippen LogP contribution in [0.15, 0.2) is 41.6 Å². The van der Waals surface area contributed by atoms with E-state index in [9.17, 15) is 12.8 Å². The first-order valence-corrected chi connectivity index (χ1v) is 7.80. The maximum atomic E-state index is 13.4. The Balaban J connectivity index is 2.39. The van der Waals surface area contributed by atoms with Crippen molar-refractivity contribution in [2.75, 3.05) is 4.72 Å². The molecule has 0 bridgehead atoms. The largest absolute Gasteiger partial charge is 0.389 e. The van der Waals surface area contributed by atoms with Gasteiger partial charge in [-0.2, -0.15) is 0 Å². The number of pyridine rings is 1. The summed E-state index contributed by atoms with van der Waals surface area (Å²) < 4.78 is 39.9. The summed E-state index contributed by atoms with van der Waals surface area (Å²) >= 11 is 10.7. The highest BCUT2D eigenvalue weighted by Gasteiger charge is 2.18. The Labute approximate surface area is 131 Å². The fourth-order valence-corrected chi connectivity index (χ4v) is 3.20. The van der Waals surface area contributed by atoms with E-state index >= 15 is 0 Å². The van der Waals surface area contributed by atoms with Crippen molar-refractivity contribution < 1.29 is 12.8 Å². The highest BCUT2D eigenvalue weighted by molar-refractivity contribution is 7.92. The zero-order valence-corrected chi connectivity index (χ0v) is 12.8. The zero-order valence-electron chi connectivity index (χ0n) is 10.4. The number of thiocarbonyl (C=S) groups is 1. The Morgan fingerprint density at radius 1 is 1.38 bits per heavy atom. The van der Waals surface area contributed by atoms with Crippen molar-refractivity contribution >= 4 is 44.5 Å². The van der Waals surface area contributed by atoms with Crippen LogP contribution in [0.3, 0.4) is 0 Å². The molecule has 1 aromatic carbocycles. The number of anilines is 1. The number of nitrogens with one attached hydrogen (secondary N) is 1. The van der Waals surface area contributed by atoms with Gasteiger partial charge in [-0.1, -0.05) is 23.8 Å². The number of rotatable bonds is 4. The standard InChI is InChI=1S/C12H9ClFN3O2S2/c13-9-5-7(1-2-8(9)12(15)20)21(18,19)17-11-3-4-16-6-10(11)14/h1-6H,(H2,15,20)(H,16,17). The minimum absolute atomic E-state index is 0.0529. The molecule has 2 aromatic rings. The molecule has 0 aliphatic rings. The van der Waals surface area contributed by atoms with E-state index in [1.807, 2.05) is 0 Å². The number of nitrogens with zero attached hydrogens (tertiary/aromatic N) is 1. The van der Waals surface area contributed by atoms with Crippen LogP contribution in [0.25, 0.3) is 0 Å². The molecular weight excluding hydrogens is 337 g/mol. The molecule has 0 aliphatic heterocycles. The van der Waals surface area contributed by atoms with Gasteiger partial charge in [0.25, 0.3) is 10.0 Å². The highest BCUT2D eigenvalue weighted by atomic mass is 35.5. The average molecular weight is 346 g/mol. The smallest absolute Gasteiger partial charge is 0.262 e. The Morgan fingerprint density at radius 2 is 2.10 bits per heavy atom. The molecule has 0 radical (unpaired) electrons. The summed E-state index contributed by atoms with van der Waals surface area (Å²) in [4.78, 5) is 3.45. The molecule has 110 valence electrons. The van der Waals surface area contributed by atoms with Crippen molar-refractivity contribution in [3.8, 4) is 0 Å². The van der Waals surface area contributed by atoms with Gasteiger partial charge in [-0.3, -0.25) is 9.71 Å². The minimum atomic E-state index is -3.99. The van der Waals surface area contributed by atoms with Crippen LogP contribution in [0, 0.1) is 5.82 Å². The summed E-state index contributed by atoms with van der Waals surface area (Å²) in [5.41, 5.74) is 5.60. The molecule has 5 nitrogen and oxygen atoms in total. The van der Waals surface area contributed by atoms with E-state index < -0.39 is 15.8 Å². The maximum Gasteiger partial charge on any atom is 0.262 e. The summed E-state index contributed by atoms with van der Waals surface area (Å²) in [5.74, 6) is -0.785. The van der Waals surface area contributed by atoms with Gasteiger partial charge in [0.1, 0.15) is 4.99 Å². The minimum Gasteiger partial charge on any atom is -0.389 e. The lowest BCUT2D eigenvalue weighted by atomic mass is 10.2. The predicted molar refractivity (Wildman–Crippen MR) is 82.3 cm³/mol. The van der Waals surface area contributed by atoms with Crippen molar-refractivity contribution in [3.05, 3.63) is 53.1 Å². The number of benzene rings is 1. The number of halogens is 2. The third-order valence-electron chi connectivity index (χ3n) is 2.53. The fraction of sp³-hybridized carbons (Fsp3) is 0. The van der Waals surface area contributed by atoms with Gasteiger partial charge in [0.05, 0.1) is 21.8 Å². The highest BCUT2D eigenvalue weighted by Crippen LogP contribution is 2.23. The first kappa shape index (κ1) is 15.6. The van der Waals surface area contributed by atoms with Gasteiger partial charge in [0, 0.05) is 11.8 Å². The van der Waals surface area contributed by atoms with Gasteiger partial charge < -0.3 is 5.73 Å². The quantitative estimate of drug-likeness (QED) is 0.830. The van der Waals surface area contributed by atoms with Crippen LogP contribution in [-0.2, 0) is 10.0 Å². The lowest BCUT2D eigenvalue weighted by Gasteiger charge is -2.10. The second-order valence-electron chi connectivity index (χ2n) is 3.97. The first-order valence-electron chi connectivity index (χ1n) is 5.53. The van der Waals surface area contributed by atoms with E-state index in [-0.39, 0.29) is 20.6 Å². The van der Waals surface area contributed by atoms with E-state index in [0.717, 1.165) is 6.20 Å². The number of nitrogens with two attached hydrogens (primary N) is 1. The molecular formula is C12H9ClFN3O2S2. The Hall–Kier alpha value is -1.77. The molecule has 0 saturated heterocycles. The Bertz CT molecular complexity index is 812. The van der Waals surface area contributed by atoms with Crippen molar-refractivity contribution in [3.63, 3.8) is 0 Å². The van der Waals surface area contributed by atoms with Crippen molar-refractivity contribution in [2.45, 2.75) is 4.90 Å². The van der Waals surface area contributed by atoms with Crippen LogP contribution in [-0.4, -0.2) is 18.4 Å². The number of sulfonamides is 1. The van der Waals surface area contributed by atoms with Crippen LogP contribution in [0.4, 0.5) is 10.1 Å². The molecule has 21 heavy (non-hydrogen) atoms. The zero-order chi connectivity index (χ0) is 15.6. The lowest BCUT2D eigenvalue weighted by molar-refractivity contribution is 0.598.